The Kier molecular flexibility index (Phi) is 2.00. The zero-order valence-corrected chi connectivity index (χ0v) is 5.80. The highest BCUT2D eigenvalue weighted by atomic mass is 16.4. The van der Waals surface area contributed by atoms with Crippen LogP contribution >= 0.6 is 0 Å². The molecular weight excluding hydrogens is 150 g/mol. The second-order valence-electron chi connectivity index (χ2n) is 1.94. The summed E-state index contributed by atoms with van der Waals surface area (Å²) in [5.41, 5.74) is 2.50. The van der Waals surface area contributed by atoms with Crippen LogP contribution in [-0.2, 0) is 4.79 Å². The van der Waals surface area contributed by atoms with Gasteiger partial charge in [0.2, 0.25) is 0 Å². The molecular formula is C4H7N5O2. The van der Waals surface area contributed by atoms with E-state index in [4.69, 9.17) is 5.11 Å². The molecule has 1 atom stereocenters. The molecule has 7 heteroatoms. The second-order valence-corrected chi connectivity index (χ2v) is 1.94. The SMILES string of the molecule is CC(Nn1cnnn1)C(=O)O. The van der Waals surface area contributed by atoms with Gasteiger partial charge < -0.3 is 5.11 Å². The lowest BCUT2D eigenvalue weighted by Crippen LogP contribution is -2.32. The first-order valence-corrected chi connectivity index (χ1v) is 2.92. The van der Waals surface area contributed by atoms with Crippen molar-refractivity contribution in [2.75, 3.05) is 5.43 Å². The van der Waals surface area contributed by atoms with Crippen molar-refractivity contribution < 1.29 is 9.90 Å². The Labute approximate surface area is 62.0 Å². The zero-order valence-electron chi connectivity index (χ0n) is 5.80. The molecule has 0 aliphatic carbocycles. The molecule has 11 heavy (non-hydrogen) atoms. The highest BCUT2D eigenvalue weighted by molar-refractivity contribution is 5.74. The Morgan fingerprint density at radius 3 is 3.00 bits per heavy atom. The summed E-state index contributed by atoms with van der Waals surface area (Å²) in [6, 6.07) is -0.710. The summed E-state index contributed by atoms with van der Waals surface area (Å²) in [4.78, 5) is 11.4. The number of hydrogen-bond donors (Lipinski definition) is 2. The molecule has 0 aromatic carbocycles. The molecule has 0 amide bonds. The van der Waals surface area contributed by atoms with E-state index in [9.17, 15) is 4.79 Å². The lowest BCUT2D eigenvalue weighted by Gasteiger charge is -2.07. The molecule has 0 fully saturated rings. The number of nitrogens with one attached hydrogen (secondary N) is 1. The molecule has 0 saturated carbocycles. The number of rotatable bonds is 3. The van der Waals surface area contributed by atoms with Gasteiger partial charge in [-0.1, -0.05) is 0 Å². The standard InChI is InChI=1S/C4H7N5O2/c1-3(4(10)11)6-9-2-5-7-8-9/h2-3,6H,1H3,(H,10,11). The number of carbonyl (C=O) groups is 1. The summed E-state index contributed by atoms with van der Waals surface area (Å²) in [6.45, 7) is 1.49. The van der Waals surface area contributed by atoms with Crippen molar-refractivity contribution in [3.8, 4) is 0 Å². The van der Waals surface area contributed by atoms with Crippen LogP contribution in [0, 0.1) is 0 Å². The summed E-state index contributed by atoms with van der Waals surface area (Å²) in [7, 11) is 0. The topological polar surface area (TPSA) is 92.9 Å². The van der Waals surface area contributed by atoms with Crippen LogP contribution in [0.5, 0.6) is 0 Å². The molecule has 2 N–H and O–H groups in total. The third-order valence-electron chi connectivity index (χ3n) is 1.05. The second kappa shape index (κ2) is 2.95. The number of carboxylic acids is 1. The first-order valence-electron chi connectivity index (χ1n) is 2.92. The van der Waals surface area contributed by atoms with Crippen LogP contribution in [-0.4, -0.2) is 37.4 Å². The minimum Gasteiger partial charge on any atom is -0.480 e. The van der Waals surface area contributed by atoms with Crippen molar-refractivity contribution in [2.45, 2.75) is 13.0 Å². The normalized spacial score (nSPS) is 12.5. The van der Waals surface area contributed by atoms with Crippen molar-refractivity contribution in [1.29, 1.82) is 0 Å². The quantitative estimate of drug-likeness (QED) is 0.565. The molecule has 1 aromatic rings. The fourth-order valence-electron chi connectivity index (χ4n) is 0.474. The maximum atomic E-state index is 10.3. The number of aliphatic carboxylic acids is 1. The Balaban J connectivity index is 2.50. The summed E-state index contributed by atoms with van der Waals surface area (Å²) in [6.07, 6.45) is 1.28. The molecule has 1 rings (SSSR count). The van der Waals surface area contributed by atoms with Gasteiger partial charge in [-0.3, -0.25) is 5.43 Å². The lowest BCUT2D eigenvalue weighted by atomic mass is 10.4. The Hall–Kier alpha value is -1.66. The Morgan fingerprint density at radius 2 is 2.55 bits per heavy atom. The molecule has 0 spiro atoms. The first kappa shape index (κ1) is 7.45. The monoisotopic (exact) mass is 157 g/mol. The Morgan fingerprint density at radius 1 is 1.82 bits per heavy atom. The third kappa shape index (κ3) is 1.88. The van der Waals surface area contributed by atoms with Gasteiger partial charge in [0.15, 0.2) is 6.33 Å². The summed E-state index contributed by atoms with van der Waals surface area (Å²) >= 11 is 0. The van der Waals surface area contributed by atoms with Crippen LogP contribution in [0.3, 0.4) is 0 Å². The summed E-state index contributed by atoms with van der Waals surface area (Å²) in [5, 5.41) is 18.5. The molecule has 60 valence electrons. The van der Waals surface area contributed by atoms with Crippen LogP contribution in [0.2, 0.25) is 0 Å². The highest BCUT2D eigenvalue weighted by Gasteiger charge is 2.09. The molecule has 1 unspecified atom stereocenters. The predicted octanol–water partition coefficient (Wildman–Crippen LogP) is -1.31. The van der Waals surface area contributed by atoms with Crippen LogP contribution in [0.15, 0.2) is 6.33 Å². The van der Waals surface area contributed by atoms with Gasteiger partial charge in [-0.2, -0.15) is 0 Å². The molecule has 0 aliphatic rings. The maximum absolute atomic E-state index is 10.3. The number of carboxylic acid groups (broad SMARTS) is 1. The van der Waals surface area contributed by atoms with Crippen molar-refractivity contribution in [2.24, 2.45) is 0 Å². The fourth-order valence-corrected chi connectivity index (χ4v) is 0.474. The first-order chi connectivity index (χ1) is 5.20. The average Bonchev–Trinajstić information content (AvgIpc) is 2.39. The molecule has 1 heterocycles. The number of nitrogens with zero attached hydrogens (tertiary/aromatic N) is 4. The number of aromatic nitrogens is 4. The molecule has 0 aliphatic heterocycles. The van der Waals surface area contributed by atoms with Crippen molar-refractivity contribution >= 4 is 5.97 Å². The van der Waals surface area contributed by atoms with Gasteiger partial charge in [-0.05, 0) is 17.4 Å². The van der Waals surface area contributed by atoms with E-state index in [0.717, 1.165) is 4.79 Å². The Bertz CT molecular complexity index is 233. The van der Waals surface area contributed by atoms with Crippen molar-refractivity contribution in [3.63, 3.8) is 0 Å². The van der Waals surface area contributed by atoms with Crippen molar-refractivity contribution in [1.82, 2.24) is 20.3 Å². The van der Waals surface area contributed by atoms with Gasteiger partial charge >= 0.3 is 5.97 Å². The fraction of sp³-hybridized carbons (Fsp3) is 0.500. The van der Waals surface area contributed by atoms with E-state index in [1.165, 1.54) is 13.3 Å². The van der Waals surface area contributed by atoms with E-state index < -0.39 is 12.0 Å². The van der Waals surface area contributed by atoms with Gasteiger partial charge in [0.25, 0.3) is 0 Å². The van der Waals surface area contributed by atoms with E-state index in [-0.39, 0.29) is 0 Å². The van der Waals surface area contributed by atoms with Gasteiger partial charge in [0.1, 0.15) is 6.04 Å². The minimum absolute atomic E-state index is 0.710. The minimum atomic E-state index is -0.958. The van der Waals surface area contributed by atoms with E-state index >= 15 is 0 Å². The molecule has 7 nitrogen and oxygen atoms in total. The third-order valence-corrected chi connectivity index (χ3v) is 1.05. The predicted molar refractivity (Wildman–Crippen MR) is 34.3 cm³/mol. The van der Waals surface area contributed by atoms with Crippen LogP contribution < -0.4 is 5.43 Å². The molecule has 0 saturated heterocycles. The summed E-state index contributed by atoms with van der Waals surface area (Å²) in [5.74, 6) is -0.958. The van der Waals surface area contributed by atoms with Crippen LogP contribution in [0.4, 0.5) is 0 Å². The number of tetrazole rings is 1. The molecule has 0 radical (unpaired) electrons. The lowest BCUT2D eigenvalue weighted by molar-refractivity contribution is -0.137. The van der Waals surface area contributed by atoms with E-state index in [2.05, 4.69) is 21.0 Å². The van der Waals surface area contributed by atoms with Gasteiger partial charge in [-0.15, -0.1) is 9.89 Å². The van der Waals surface area contributed by atoms with Crippen LogP contribution in [0.25, 0.3) is 0 Å². The largest absolute Gasteiger partial charge is 0.480 e. The van der Waals surface area contributed by atoms with Gasteiger partial charge in [0, 0.05) is 0 Å². The van der Waals surface area contributed by atoms with Crippen LogP contribution in [0.1, 0.15) is 6.92 Å². The smallest absolute Gasteiger partial charge is 0.327 e. The number of hydrogen-bond acceptors (Lipinski definition) is 5. The van der Waals surface area contributed by atoms with Gasteiger partial charge in [0.05, 0.1) is 0 Å². The maximum Gasteiger partial charge on any atom is 0.327 e. The zero-order chi connectivity index (χ0) is 8.27. The van der Waals surface area contributed by atoms with E-state index in [1.54, 1.807) is 0 Å². The van der Waals surface area contributed by atoms with E-state index in [1.807, 2.05) is 0 Å². The highest BCUT2D eigenvalue weighted by Crippen LogP contribution is 1.82. The van der Waals surface area contributed by atoms with Crippen molar-refractivity contribution in [3.05, 3.63) is 6.33 Å². The molecule has 1 aromatic heterocycles. The van der Waals surface area contributed by atoms with E-state index in [0.29, 0.717) is 0 Å². The van der Waals surface area contributed by atoms with Gasteiger partial charge in [-0.25, -0.2) is 4.79 Å². The molecule has 0 bridgehead atoms. The average molecular weight is 157 g/mol. The summed E-state index contributed by atoms with van der Waals surface area (Å²) < 4.78 is 0.